The highest BCUT2D eigenvalue weighted by molar-refractivity contribution is 7.88. The van der Waals surface area contributed by atoms with Crippen molar-refractivity contribution >= 4 is 21.6 Å². The van der Waals surface area contributed by atoms with Crippen molar-refractivity contribution in [1.29, 1.82) is 0 Å². The molecule has 2 aromatic rings. The van der Waals surface area contributed by atoms with Crippen LogP contribution in [-0.4, -0.2) is 40.3 Å². The minimum Gasteiger partial charge on any atom is -0.493 e. The fraction of sp³-hybridized carbons (Fsp3) is 0.381. The number of carbonyl (C=O) groups excluding carboxylic acids is 1. The molecule has 0 aliphatic carbocycles. The number of sulfonamides is 1. The Labute approximate surface area is 172 Å². The Morgan fingerprint density at radius 3 is 2.38 bits per heavy atom. The van der Waals surface area contributed by atoms with Crippen molar-refractivity contribution in [1.82, 2.24) is 4.72 Å². The summed E-state index contributed by atoms with van der Waals surface area (Å²) in [6.07, 6.45) is 1.04. The minimum absolute atomic E-state index is 0.220. The van der Waals surface area contributed by atoms with Crippen LogP contribution >= 0.6 is 0 Å². The molecule has 0 unspecified atom stereocenters. The Morgan fingerprint density at radius 1 is 1.10 bits per heavy atom. The quantitative estimate of drug-likeness (QED) is 0.649. The van der Waals surface area contributed by atoms with Crippen LogP contribution in [0.1, 0.15) is 20.8 Å². The third kappa shape index (κ3) is 6.20. The van der Waals surface area contributed by atoms with Crippen LogP contribution in [-0.2, 0) is 14.8 Å². The normalized spacial score (nSPS) is 12.5. The fourth-order valence-electron chi connectivity index (χ4n) is 2.89. The Hall–Kier alpha value is -2.58. The molecule has 1 amide bonds. The van der Waals surface area contributed by atoms with Gasteiger partial charge in [-0.1, -0.05) is 38.1 Å². The summed E-state index contributed by atoms with van der Waals surface area (Å²) in [6, 6.07) is 12.0. The second-order valence-corrected chi connectivity index (χ2v) is 8.73. The number of rotatable bonds is 9. The number of hydrogen-bond acceptors (Lipinski definition) is 5. The summed E-state index contributed by atoms with van der Waals surface area (Å²) in [7, 11) is -1.96. The summed E-state index contributed by atoms with van der Waals surface area (Å²) in [4.78, 5) is 12.8. The molecule has 8 heteroatoms. The number of para-hydroxylation sites is 1. The maximum atomic E-state index is 12.8. The first-order valence-corrected chi connectivity index (χ1v) is 11.2. The lowest BCUT2D eigenvalue weighted by Gasteiger charge is -2.21. The average molecular weight is 421 g/mol. The van der Waals surface area contributed by atoms with Gasteiger partial charge in [0.15, 0.2) is 11.5 Å². The molecule has 2 rings (SSSR count). The molecule has 0 radical (unpaired) electrons. The lowest BCUT2D eigenvalue weighted by atomic mass is 10.0. The molecular formula is C21H28N2O5S. The van der Waals surface area contributed by atoms with Crippen LogP contribution in [0.25, 0.3) is 11.1 Å². The molecule has 0 saturated heterocycles. The van der Waals surface area contributed by atoms with Crippen LogP contribution < -0.4 is 19.5 Å². The number of ether oxygens (including phenoxy) is 2. The molecule has 0 saturated carbocycles. The highest BCUT2D eigenvalue weighted by atomic mass is 32.2. The van der Waals surface area contributed by atoms with Crippen molar-refractivity contribution in [3.8, 4) is 22.6 Å². The largest absolute Gasteiger partial charge is 0.493 e. The Morgan fingerprint density at radius 2 is 1.79 bits per heavy atom. The maximum Gasteiger partial charge on any atom is 0.242 e. The summed E-state index contributed by atoms with van der Waals surface area (Å²) >= 11 is 0. The standard InChI is InChI=1S/C21H28N2O5S/c1-6-28-18-12-11-15(13-19(18)27-4)16-9-7-8-10-17(16)22-21(24)20(14(2)3)23-29(5,25)26/h7-14,20,23H,6H2,1-5H3,(H,22,24)/t20-/m0/s1. The predicted octanol–water partition coefficient (Wildman–Crippen LogP) is 3.27. The number of methoxy groups -OCH3 is 1. The molecule has 0 bridgehead atoms. The summed E-state index contributed by atoms with van der Waals surface area (Å²) in [5.74, 6) is 0.583. The zero-order valence-corrected chi connectivity index (χ0v) is 18.2. The molecule has 2 aromatic carbocycles. The van der Waals surface area contributed by atoms with Crippen molar-refractivity contribution in [3.05, 3.63) is 42.5 Å². The second kappa shape index (κ2) is 9.76. The zero-order valence-electron chi connectivity index (χ0n) is 17.4. The van der Waals surface area contributed by atoms with Crippen molar-refractivity contribution in [3.63, 3.8) is 0 Å². The van der Waals surface area contributed by atoms with E-state index in [1.54, 1.807) is 33.1 Å². The van der Waals surface area contributed by atoms with Crippen LogP contribution in [0, 0.1) is 5.92 Å². The van der Waals surface area contributed by atoms with Gasteiger partial charge in [0.1, 0.15) is 6.04 Å². The van der Waals surface area contributed by atoms with Gasteiger partial charge in [-0.25, -0.2) is 13.1 Å². The lowest BCUT2D eigenvalue weighted by molar-refractivity contribution is -0.118. The first-order chi connectivity index (χ1) is 13.7. The SMILES string of the molecule is CCOc1ccc(-c2ccccc2NC(=O)[C@@H](NS(C)(=O)=O)C(C)C)cc1OC. The zero-order chi connectivity index (χ0) is 21.6. The summed E-state index contributed by atoms with van der Waals surface area (Å²) in [6.45, 7) is 5.98. The monoisotopic (exact) mass is 420 g/mol. The summed E-state index contributed by atoms with van der Waals surface area (Å²) in [5.41, 5.74) is 2.19. The molecule has 7 nitrogen and oxygen atoms in total. The first kappa shape index (κ1) is 22.7. The van der Waals surface area contributed by atoms with E-state index in [1.807, 2.05) is 37.3 Å². The van der Waals surface area contributed by atoms with E-state index in [4.69, 9.17) is 9.47 Å². The van der Waals surface area contributed by atoms with E-state index < -0.39 is 22.0 Å². The summed E-state index contributed by atoms with van der Waals surface area (Å²) in [5, 5.41) is 2.85. The van der Waals surface area contributed by atoms with Crippen molar-refractivity contribution in [2.75, 3.05) is 25.3 Å². The van der Waals surface area contributed by atoms with Crippen molar-refractivity contribution in [2.45, 2.75) is 26.8 Å². The minimum atomic E-state index is -3.53. The van der Waals surface area contributed by atoms with Gasteiger partial charge in [0.05, 0.1) is 20.0 Å². The van der Waals surface area contributed by atoms with Gasteiger partial charge in [0, 0.05) is 11.3 Å². The number of hydrogen-bond donors (Lipinski definition) is 2. The molecule has 0 fully saturated rings. The van der Waals surface area contributed by atoms with Crippen molar-refractivity contribution in [2.24, 2.45) is 5.92 Å². The highest BCUT2D eigenvalue weighted by Crippen LogP contribution is 2.35. The van der Waals surface area contributed by atoms with E-state index >= 15 is 0 Å². The Bertz CT molecular complexity index is 957. The van der Waals surface area contributed by atoms with Crippen LogP contribution in [0.4, 0.5) is 5.69 Å². The predicted molar refractivity (Wildman–Crippen MR) is 115 cm³/mol. The Kier molecular flexibility index (Phi) is 7.64. The van der Waals surface area contributed by atoms with E-state index in [0.29, 0.717) is 23.8 Å². The summed E-state index contributed by atoms with van der Waals surface area (Å²) < 4.78 is 36.6. The second-order valence-electron chi connectivity index (χ2n) is 6.95. The highest BCUT2D eigenvalue weighted by Gasteiger charge is 2.26. The van der Waals surface area contributed by atoms with Gasteiger partial charge < -0.3 is 14.8 Å². The number of carbonyl (C=O) groups is 1. The van der Waals surface area contributed by atoms with Gasteiger partial charge in [-0.2, -0.15) is 0 Å². The number of amides is 1. The molecular weight excluding hydrogens is 392 g/mol. The average Bonchev–Trinajstić information content (AvgIpc) is 2.66. The van der Waals surface area contributed by atoms with E-state index in [0.717, 1.165) is 17.4 Å². The van der Waals surface area contributed by atoms with Crippen LogP contribution in [0.5, 0.6) is 11.5 Å². The molecule has 0 spiro atoms. The molecule has 158 valence electrons. The van der Waals surface area contributed by atoms with Gasteiger partial charge in [-0.3, -0.25) is 4.79 Å². The first-order valence-electron chi connectivity index (χ1n) is 9.34. The molecule has 0 aliphatic rings. The van der Waals surface area contributed by atoms with E-state index in [2.05, 4.69) is 10.0 Å². The van der Waals surface area contributed by atoms with Gasteiger partial charge in [-0.05, 0) is 36.6 Å². The number of anilines is 1. The smallest absolute Gasteiger partial charge is 0.242 e. The molecule has 1 atom stereocenters. The molecule has 2 N–H and O–H groups in total. The number of nitrogens with one attached hydrogen (secondary N) is 2. The van der Waals surface area contributed by atoms with Gasteiger partial charge in [-0.15, -0.1) is 0 Å². The Balaban J connectivity index is 2.37. The molecule has 0 aliphatic heterocycles. The van der Waals surface area contributed by atoms with Crippen LogP contribution in [0.3, 0.4) is 0 Å². The maximum absolute atomic E-state index is 12.8. The fourth-order valence-corrected chi connectivity index (χ4v) is 3.73. The molecule has 0 aromatic heterocycles. The topological polar surface area (TPSA) is 93.7 Å². The van der Waals surface area contributed by atoms with Gasteiger partial charge >= 0.3 is 0 Å². The van der Waals surface area contributed by atoms with Gasteiger partial charge in [0.25, 0.3) is 0 Å². The van der Waals surface area contributed by atoms with Gasteiger partial charge in [0.2, 0.25) is 15.9 Å². The van der Waals surface area contributed by atoms with E-state index in [1.165, 1.54) is 0 Å². The van der Waals surface area contributed by atoms with Crippen LogP contribution in [0.2, 0.25) is 0 Å². The molecule has 29 heavy (non-hydrogen) atoms. The lowest BCUT2D eigenvalue weighted by Crippen LogP contribution is -2.46. The van der Waals surface area contributed by atoms with Crippen molar-refractivity contribution < 1.29 is 22.7 Å². The van der Waals surface area contributed by atoms with E-state index in [9.17, 15) is 13.2 Å². The molecule has 0 heterocycles. The third-order valence-electron chi connectivity index (χ3n) is 4.25. The van der Waals surface area contributed by atoms with Crippen LogP contribution in [0.15, 0.2) is 42.5 Å². The van der Waals surface area contributed by atoms with E-state index in [-0.39, 0.29) is 5.92 Å². The third-order valence-corrected chi connectivity index (χ3v) is 4.93. The number of benzene rings is 2.